The Labute approximate surface area is 201 Å². The minimum atomic E-state index is -0.392. The number of ether oxygens (including phenoxy) is 1. The van der Waals surface area contributed by atoms with E-state index in [9.17, 15) is 9.59 Å². The van der Waals surface area contributed by atoms with E-state index >= 15 is 0 Å². The van der Waals surface area contributed by atoms with Crippen LogP contribution in [0.2, 0.25) is 0 Å². The second kappa shape index (κ2) is 10.7. The molecular formula is C24H28N6O3S. The highest BCUT2D eigenvalue weighted by Gasteiger charge is 2.27. The number of carbonyl (C=O) groups excluding carboxylic acids is 1. The average molecular weight is 481 g/mol. The monoisotopic (exact) mass is 480 g/mol. The molecule has 34 heavy (non-hydrogen) atoms. The molecule has 0 aliphatic heterocycles. The number of fused-ring (bicyclic) bond motifs is 1. The molecule has 9 nitrogen and oxygen atoms in total. The number of nitrogens with one attached hydrogen (secondary N) is 1. The first-order valence-corrected chi connectivity index (χ1v) is 12.2. The summed E-state index contributed by atoms with van der Waals surface area (Å²) < 4.78 is 6.56. The lowest BCUT2D eigenvalue weighted by atomic mass is 10.1. The lowest BCUT2D eigenvalue weighted by molar-refractivity contribution is -0.144. The van der Waals surface area contributed by atoms with Crippen LogP contribution < -0.4 is 5.56 Å². The van der Waals surface area contributed by atoms with Gasteiger partial charge in [0.05, 0.1) is 12.6 Å². The topological polar surface area (TPSA) is 106 Å². The van der Waals surface area contributed by atoms with Crippen molar-refractivity contribution in [2.24, 2.45) is 0 Å². The summed E-state index contributed by atoms with van der Waals surface area (Å²) in [7, 11) is 0. The summed E-state index contributed by atoms with van der Waals surface area (Å²) in [6.45, 7) is 7.06. The molecule has 1 unspecified atom stereocenters. The number of hydrogen-bond donors (Lipinski definition) is 1. The van der Waals surface area contributed by atoms with Crippen molar-refractivity contribution >= 4 is 28.2 Å². The molecule has 4 aromatic rings. The predicted octanol–water partition coefficient (Wildman–Crippen LogP) is 3.60. The zero-order valence-electron chi connectivity index (χ0n) is 19.5. The SMILES string of the molecule is CCOC(=O)Cn1nnnc1C(CC)N(Cc1cccs1)Cc1cc2ccc(C)cc2[nH]c1=O. The van der Waals surface area contributed by atoms with Crippen LogP contribution in [0, 0.1) is 6.92 Å². The fourth-order valence-electron chi connectivity index (χ4n) is 4.07. The third-order valence-electron chi connectivity index (χ3n) is 5.66. The van der Waals surface area contributed by atoms with E-state index in [4.69, 9.17) is 4.74 Å². The van der Waals surface area contributed by atoms with Crippen molar-refractivity contribution in [2.45, 2.75) is 52.9 Å². The van der Waals surface area contributed by atoms with Crippen molar-refractivity contribution in [3.05, 3.63) is 74.0 Å². The van der Waals surface area contributed by atoms with Gasteiger partial charge in [-0.15, -0.1) is 16.4 Å². The molecule has 10 heteroatoms. The van der Waals surface area contributed by atoms with Crippen LogP contribution in [0.1, 0.15) is 48.1 Å². The zero-order valence-corrected chi connectivity index (χ0v) is 20.3. The van der Waals surface area contributed by atoms with E-state index in [1.54, 1.807) is 18.3 Å². The van der Waals surface area contributed by atoms with E-state index in [1.165, 1.54) is 4.68 Å². The van der Waals surface area contributed by atoms with E-state index < -0.39 is 5.97 Å². The molecule has 1 aromatic carbocycles. The fourth-order valence-corrected chi connectivity index (χ4v) is 4.80. The smallest absolute Gasteiger partial charge is 0.327 e. The molecule has 0 radical (unpaired) electrons. The van der Waals surface area contributed by atoms with Gasteiger partial charge in [0.15, 0.2) is 5.82 Å². The Bertz CT molecular complexity index is 1310. The molecule has 0 saturated carbocycles. The number of tetrazole rings is 1. The van der Waals surface area contributed by atoms with Gasteiger partial charge in [-0.25, -0.2) is 4.68 Å². The van der Waals surface area contributed by atoms with Crippen LogP contribution >= 0.6 is 11.3 Å². The van der Waals surface area contributed by atoms with Gasteiger partial charge in [0, 0.05) is 29.0 Å². The fraction of sp³-hybridized carbons (Fsp3) is 0.375. The normalized spacial score (nSPS) is 12.4. The summed E-state index contributed by atoms with van der Waals surface area (Å²) in [4.78, 5) is 31.4. The highest BCUT2D eigenvalue weighted by atomic mass is 32.1. The molecule has 3 heterocycles. The summed E-state index contributed by atoms with van der Waals surface area (Å²) in [5.41, 5.74) is 2.46. The number of pyridine rings is 1. The number of hydrogen-bond acceptors (Lipinski definition) is 8. The maximum Gasteiger partial charge on any atom is 0.327 e. The number of aromatic nitrogens is 5. The van der Waals surface area contributed by atoms with Gasteiger partial charge in [-0.3, -0.25) is 14.5 Å². The number of thiophene rings is 1. The van der Waals surface area contributed by atoms with Gasteiger partial charge in [0.25, 0.3) is 5.56 Å². The van der Waals surface area contributed by atoms with Crippen molar-refractivity contribution in [1.82, 2.24) is 30.1 Å². The van der Waals surface area contributed by atoms with Crippen molar-refractivity contribution in [3.63, 3.8) is 0 Å². The standard InChI is InChI=1S/C24H28N6O3S/c1-4-21(23-26-27-28-30(23)15-22(31)33-5-2)29(14-19-7-6-10-34-19)13-18-12-17-9-8-16(3)11-20(17)25-24(18)32/h6-12,21H,4-5,13-15H2,1-3H3,(H,25,32). The van der Waals surface area contributed by atoms with Crippen LogP contribution in [0.3, 0.4) is 0 Å². The molecule has 3 aromatic heterocycles. The number of esters is 1. The quantitative estimate of drug-likeness (QED) is 0.346. The van der Waals surface area contributed by atoms with Crippen LogP contribution in [-0.4, -0.2) is 42.7 Å². The molecule has 0 saturated heterocycles. The zero-order chi connectivity index (χ0) is 24.1. The van der Waals surface area contributed by atoms with Crippen LogP contribution in [0.15, 0.2) is 46.6 Å². The minimum Gasteiger partial charge on any atom is -0.465 e. The van der Waals surface area contributed by atoms with Gasteiger partial charge >= 0.3 is 5.97 Å². The molecule has 0 bridgehead atoms. The average Bonchev–Trinajstić information content (AvgIpc) is 3.47. The van der Waals surface area contributed by atoms with Gasteiger partial charge in [-0.05, 0) is 65.2 Å². The van der Waals surface area contributed by atoms with Crippen LogP contribution in [0.5, 0.6) is 0 Å². The van der Waals surface area contributed by atoms with Gasteiger partial charge < -0.3 is 9.72 Å². The first-order valence-electron chi connectivity index (χ1n) is 11.3. The Morgan fingerprint density at radius 3 is 2.82 bits per heavy atom. The summed E-state index contributed by atoms with van der Waals surface area (Å²) in [5.74, 6) is 0.178. The van der Waals surface area contributed by atoms with E-state index in [1.807, 2.05) is 49.6 Å². The summed E-state index contributed by atoms with van der Waals surface area (Å²) in [5, 5.41) is 15.1. The predicted molar refractivity (Wildman–Crippen MR) is 130 cm³/mol. The van der Waals surface area contributed by atoms with Gasteiger partial charge in [-0.1, -0.05) is 25.1 Å². The number of rotatable bonds is 10. The maximum atomic E-state index is 13.0. The lowest BCUT2D eigenvalue weighted by Crippen LogP contribution is -2.32. The largest absolute Gasteiger partial charge is 0.465 e. The van der Waals surface area contributed by atoms with Crippen molar-refractivity contribution in [1.29, 1.82) is 0 Å². The Hall–Kier alpha value is -3.37. The number of aryl methyl sites for hydroxylation is 1. The van der Waals surface area contributed by atoms with Crippen molar-refractivity contribution in [3.8, 4) is 0 Å². The highest BCUT2D eigenvalue weighted by Crippen LogP contribution is 2.27. The Morgan fingerprint density at radius 2 is 2.09 bits per heavy atom. The number of aromatic amines is 1. The third-order valence-corrected chi connectivity index (χ3v) is 6.52. The molecule has 0 aliphatic carbocycles. The molecular weight excluding hydrogens is 452 g/mol. The molecule has 0 spiro atoms. The maximum absolute atomic E-state index is 13.0. The van der Waals surface area contributed by atoms with Gasteiger partial charge in [0.2, 0.25) is 0 Å². The number of H-pyrrole nitrogens is 1. The second-order valence-electron chi connectivity index (χ2n) is 8.12. The molecule has 1 N–H and O–H groups in total. The Balaban J connectivity index is 1.69. The molecule has 178 valence electrons. The Kier molecular flexibility index (Phi) is 7.49. The van der Waals surface area contributed by atoms with Crippen LogP contribution in [0.25, 0.3) is 10.9 Å². The molecule has 0 aliphatic rings. The molecule has 0 fully saturated rings. The number of nitrogens with zero attached hydrogens (tertiary/aromatic N) is 5. The van der Waals surface area contributed by atoms with Crippen molar-refractivity contribution in [2.75, 3.05) is 6.61 Å². The first-order chi connectivity index (χ1) is 16.5. The van der Waals surface area contributed by atoms with Gasteiger partial charge in [0.1, 0.15) is 6.54 Å². The molecule has 0 amide bonds. The molecule has 1 atom stereocenters. The minimum absolute atomic E-state index is 0.0601. The third kappa shape index (κ3) is 5.40. The number of benzene rings is 1. The lowest BCUT2D eigenvalue weighted by Gasteiger charge is -2.29. The number of carbonyl (C=O) groups is 1. The summed E-state index contributed by atoms with van der Waals surface area (Å²) >= 11 is 1.66. The van der Waals surface area contributed by atoms with E-state index in [0.29, 0.717) is 37.5 Å². The van der Waals surface area contributed by atoms with E-state index in [-0.39, 0.29) is 18.1 Å². The highest BCUT2D eigenvalue weighted by molar-refractivity contribution is 7.09. The van der Waals surface area contributed by atoms with Gasteiger partial charge in [-0.2, -0.15) is 0 Å². The van der Waals surface area contributed by atoms with Crippen molar-refractivity contribution < 1.29 is 9.53 Å². The van der Waals surface area contributed by atoms with Crippen LogP contribution in [0.4, 0.5) is 0 Å². The van der Waals surface area contributed by atoms with E-state index in [2.05, 4.69) is 31.5 Å². The van der Waals surface area contributed by atoms with Crippen LogP contribution in [-0.2, 0) is 29.2 Å². The first kappa shape index (κ1) is 23.8. The Morgan fingerprint density at radius 1 is 1.24 bits per heavy atom. The summed E-state index contributed by atoms with van der Waals surface area (Å²) in [6.07, 6.45) is 0.694. The molecule has 4 rings (SSSR count). The second-order valence-corrected chi connectivity index (χ2v) is 9.15. The van der Waals surface area contributed by atoms with E-state index in [0.717, 1.165) is 21.3 Å². The summed E-state index contributed by atoms with van der Waals surface area (Å²) in [6, 6.07) is 11.8.